The number of benzene rings is 1. The van der Waals surface area contributed by atoms with Crippen molar-refractivity contribution in [3.63, 3.8) is 0 Å². The molecule has 0 atom stereocenters. The number of halogens is 2. The van der Waals surface area contributed by atoms with E-state index in [2.05, 4.69) is 9.97 Å². The third kappa shape index (κ3) is 4.80. The lowest BCUT2D eigenvalue weighted by atomic mass is 10.0. The largest absolute Gasteiger partial charge is 0.444 e. The molecule has 1 amide bonds. The first-order valence-corrected chi connectivity index (χ1v) is 10.8. The summed E-state index contributed by atoms with van der Waals surface area (Å²) >= 11 is 0. The highest BCUT2D eigenvalue weighted by molar-refractivity contribution is 5.80. The van der Waals surface area contributed by atoms with Gasteiger partial charge in [-0.15, -0.1) is 0 Å². The number of likely N-dealkylation sites (tertiary alicyclic amines) is 1. The normalized spacial score (nSPS) is 15.0. The van der Waals surface area contributed by atoms with Crippen LogP contribution in [0.4, 0.5) is 13.6 Å². The van der Waals surface area contributed by atoms with Crippen molar-refractivity contribution in [3.05, 3.63) is 59.2 Å². The molecule has 0 saturated carbocycles. The summed E-state index contributed by atoms with van der Waals surface area (Å²) in [4.78, 5) is 22.5. The van der Waals surface area contributed by atoms with Crippen LogP contribution in [-0.2, 0) is 11.2 Å². The number of amides is 1. The molecule has 9 heteroatoms. The van der Waals surface area contributed by atoms with Crippen molar-refractivity contribution < 1.29 is 18.3 Å². The van der Waals surface area contributed by atoms with Crippen molar-refractivity contribution in [2.24, 2.45) is 0 Å². The second kappa shape index (κ2) is 8.77. The van der Waals surface area contributed by atoms with Crippen LogP contribution in [0.15, 0.2) is 30.7 Å². The predicted octanol–water partition coefficient (Wildman–Crippen LogP) is 4.74. The fourth-order valence-electron chi connectivity index (χ4n) is 4.11. The van der Waals surface area contributed by atoms with Crippen LogP contribution in [0.1, 0.15) is 56.5 Å². The Morgan fingerprint density at radius 2 is 1.94 bits per heavy atom. The maximum absolute atomic E-state index is 15.0. The SMILES string of the molecule is CC(C)(C)OC(=O)N1CCC(n2cc(F)c3c(Cc4ccc(C#N)cc4F)ncnc32)CC1. The number of fused-ring (bicyclic) bond motifs is 1. The van der Waals surface area contributed by atoms with E-state index in [4.69, 9.17) is 10.00 Å². The molecule has 2 aromatic heterocycles. The molecule has 0 aliphatic carbocycles. The van der Waals surface area contributed by atoms with Gasteiger partial charge in [-0.2, -0.15) is 5.26 Å². The van der Waals surface area contributed by atoms with Crippen LogP contribution in [0, 0.1) is 23.0 Å². The van der Waals surface area contributed by atoms with Gasteiger partial charge in [-0.05, 0) is 51.3 Å². The van der Waals surface area contributed by atoms with Gasteiger partial charge in [-0.1, -0.05) is 6.07 Å². The van der Waals surface area contributed by atoms with Gasteiger partial charge in [0.2, 0.25) is 0 Å². The minimum atomic E-state index is -0.560. The molecule has 1 saturated heterocycles. The summed E-state index contributed by atoms with van der Waals surface area (Å²) in [6, 6.07) is 6.06. The zero-order valence-corrected chi connectivity index (χ0v) is 18.8. The van der Waals surface area contributed by atoms with Crippen LogP contribution in [0.5, 0.6) is 0 Å². The molecule has 7 nitrogen and oxygen atoms in total. The number of ether oxygens (including phenoxy) is 1. The van der Waals surface area contributed by atoms with E-state index in [1.54, 1.807) is 9.47 Å². The number of nitrogens with zero attached hydrogens (tertiary/aromatic N) is 5. The van der Waals surface area contributed by atoms with Crippen molar-refractivity contribution in [1.29, 1.82) is 5.26 Å². The molecule has 1 aliphatic heterocycles. The smallest absolute Gasteiger partial charge is 0.410 e. The quantitative estimate of drug-likeness (QED) is 0.572. The lowest BCUT2D eigenvalue weighted by molar-refractivity contribution is 0.0189. The van der Waals surface area contributed by atoms with Crippen LogP contribution in [-0.4, -0.2) is 44.2 Å². The number of carbonyl (C=O) groups excluding carboxylic acids is 1. The first-order chi connectivity index (χ1) is 15.7. The number of piperidine rings is 1. The van der Waals surface area contributed by atoms with E-state index >= 15 is 4.39 Å². The number of hydrogen-bond acceptors (Lipinski definition) is 5. The van der Waals surface area contributed by atoms with Crippen molar-refractivity contribution >= 4 is 17.1 Å². The summed E-state index contributed by atoms with van der Waals surface area (Å²) in [6.07, 6.45) is 3.75. The monoisotopic (exact) mass is 453 g/mol. The van der Waals surface area contributed by atoms with Crippen LogP contribution < -0.4 is 0 Å². The Bertz CT molecular complexity index is 1230. The maximum Gasteiger partial charge on any atom is 0.410 e. The van der Waals surface area contributed by atoms with Gasteiger partial charge in [0.05, 0.1) is 22.7 Å². The molecule has 0 bridgehead atoms. The third-order valence-corrected chi connectivity index (χ3v) is 5.69. The first kappa shape index (κ1) is 22.6. The number of carbonyl (C=O) groups is 1. The highest BCUT2D eigenvalue weighted by Crippen LogP contribution is 2.31. The van der Waals surface area contributed by atoms with E-state index in [0.717, 1.165) is 6.07 Å². The molecule has 0 unspecified atom stereocenters. The number of aromatic nitrogens is 3. The van der Waals surface area contributed by atoms with Crippen LogP contribution in [0.25, 0.3) is 11.0 Å². The Morgan fingerprint density at radius 3 is 2.58 bits per heavy atom. The summed E-state index contributed by atoms with van der Waals surface area (Å²) in [5.74, 6) is -1.00. The van der Waals surface area contributed by atoms with E-state index in [0.29, 0.717) is 42.8 Å². The van der Waals surface area contributed by atoms with Gasteiger partial charge in [-0.3, -0.25) is 0 Å². The molecule has 3 heterocycles. The predicted molar refractivity (Wildman–Crippen MR) is 117 cm³/mol. The van der Waals surface area contributed by atoms with Crippen LogP contribution in [0.3, 0.4) is 0 Å². The lowest BCUT2D eigenvalue weighted by Crippen LogP contribution is -2.42. The van der Waals surface area contributed by atoms with Gasteiger partial charge in [0.15, 0.2) is 5.82 Å². The van der Waals surface area contributed by atoms with E-state index in [-0.39, 0.29) is 29.5 Å². The Hall–Kier alpha value is -3.54. The maximum atomic E-state index is 15.0. The fourth-order valence-corrected chi connectivity index (χ4v) is 4.11. The summed E-state index contributed by atoms with van der Waals surface area (Å²) in [5.41, 5.74) is 0.814. The Balaban J connectivity index is 1.56. The molecular weight excluding hydrogens is 428 g/mol. The molecule has 0 radical (unpaired) electrons. The van der Waals surface area contributed by atoms with Crippen LogP contribution >= 0.6 is 0 Å². The van der Waals surface area contributed by atoms with Crippen molar-refractivity contribution in [2.75, 3.05) is 13.1 Å². The average Bonchev–Trinajstić information content (AvgIpc) is 3.11. The lowest BCUT2D eigenvalue weighted by Gasteiger charge is -2.34. The van der Waals surface area contributed by atoms with Crippen molar-refractivity contribution in [1.82, 2.24) is 19.4 Å². The molecule has 1 aromatic carbocycles. The van der Waals surface area contributed by atoms with Crippen molar-refractivity contribution in [2.45, 2.75) is 51.7 Å². The van der Waals surface area contributed by atoms with Crippen LogP contribution in [0.2, 0.25) is 0 Å². The molecule has 4 rings (SSSR count). The number of hydrogen-bond donors (Lipinski definition) is 0. The second-order valence-electron chi connectivity index (χ2n) is 9.20. The molecule has 0 spiro atoms. The minimum absolute atomic E-state index is 0.0370. The average molecular weight is 453 g/mol. The summed E-state index contributed by atoms with van der Waals surface area (Å²) in [5, 5.41) is 9.19. The van der Waals surface area contributed by atoms with E-state index in [1.807, 2.05) is 26.8 Å². The Morgan fingerprint density at radius 1 is 1.21 bits per heavy atom. The standard InChI is InChI=1S/C24H25F2N5O2/c1-24(2,3)33-23(32)30-8-6-17(7-9-30)31-13-19(26)21-20(28-14-29-22(21)31)11-16-5-4-15(12-27)10-18(16)25/h4-5,10,13-14,17H,6-9,11H2,1-3H3. The van der Waals surface area contributed by atoms with E-state index in [1.165, 1.54) is 24.7 Å². The van der Waals surface area contributed by atoms with Gasteiger partial charge >= 0.3 is 6.09 Å². The summed E-state index contributed by atoms with van der Waals surface area (Å²) in [7, 11) is 0. The van der Waals surface area contributed by atoms with Gasteiger partial charge in [0.1, 0.15) is 23.4 Å². The third-order valence-electron chi connectivity index (χ3n) is 5.69. The van der Waals surface area contributed by atoms with Gasteiger partial charge < -0.3 is 14.2 Å². The first-order valence-electron chi connectivity index (χ1n) is 10.8. The highest BCUT2D eigenvalue weighted by atomic mass is 19.1. The molecule has 172 valence electrons. The minimum Gasteiger partial charge on any atom is -0.444 e. The van der Waals surface area contributed by atoms with E-state index < -0.39 is 17.2 Å². The highest BCUT2D eigenvalue weighted by Gasteiger charge is 2.29. The molecule has 1 aliphatic rings. The Labute approximate surface area is 190 Å². The molecular formula is C24H25F2N5O2. The summed E-state index contributed by atoms with van der Waals surface area (Å²) < 4.78 is 36.6. The zero-order valence-electron chi connectivity index (χ0n) is 18.8. The van der Waals surface area contributed by atoms with Gasteiger partial charge in [0.25, 0.3) is 0 Å². The summed E-state index contributed by atoms with van der Waals surface area (Å²) in [6.45, 7) is 6.47. The molecule has 33 heavy (non-hydrogen) atoms. The topological polar surface area (TPSA) is 84.0 Å². The Kier molecular flexibility index (Phi) is 6.02. The second-order valence-corrected chi connectivity index (χ2v) is 9.20. The van der Waals surface area contributed by atoms with Gasteiger partial charge in [0, 0.05) is 31.7 Å². The molecule has 3 aromatic rings. The van der Waals surface area contributed by atoms with Crippen molar-refractivity contribution in [3.8, 4) is 6.07 Å². The molecule has 0 N–H and O–H groups in total. The molecule has 1 fully saturated rings. The van der Waals surface area contributed by atoms with Gasteiger partial charge in [-0.25, -0.2) is 23.5 Å². The number of rotatable bonds is 3. The number of nitriles is 1. The zero-order chi connectivity index (χ0) is 23.8. The van der Waals surface area contributed by atoms with E-state index in [9.17, 15) is 9.18 Å². The fraction of sp³-hybridized carbons (Fsp3) is 0.417.